The Morgan fingerprint density at radius 1 is 1.38 bits per heavy atom. The van der Waals surface area contributed by atoms with E-state index < -0.39 is 11.5 Å². The van der Waals surface area contributed by atoms with E-state index in [4.69, 9.17) is 0 Å². The van der Waals surface area contributed by atoms with Gasteiger partial charge in [0.2, 0.25) is 5.91 Å². The quantitative estimate of drug-likeness (QED) is 0.880. The van der Waals surface area contributed by atoms with Crippen LogP contribution in [-0.2, 0) is 16.0 Å². The topological polar surface area (TPSA) is 86.7 Å². The second-order valence-corrected chi connectivity index (χ2v) is 5.51. The maximum absolute atomic E-state index is 12.6. The van der Waals surface area contributed by atoms with Crippen molar-refractivity contribution in [1.82, 2.24) is 4.90 Å². The van der Waals surface area contributed by atoms with Crippen LogP contribution in [0.3, 0.4) is 0 Å². The van der Waals surface area contributed by atoms with Crippen molar-refractivity contribution < 1.29 is 19.5 Å². The summed E-state index contributed by atoms with van der Waals surface area (Å²) in [7, 11) is 0. The number of carboxylic acids is 1. The summed E-state index contributed by atoms with van der Waals surface area (Å²) in [4.78, 5) is 36.5. The lowest BCUT2D eigenvalue weighted by Crippen LogP contribution is -2.52. The van der Waals surface area contributed by atoms with Crippen molar-refractivity contribution in [2.75, 3.05) is 11.9 Å². The zero-order chi connectivity index (χ0) is 15.8. The predicted octanol–water partition coefficient (Wildman–Crippen LogP) is 1.51. The van der Waals surface area contributed by atoms with Crippen molar-refractivity contribution in [1.29, 1.82) is 0 Å². The van der Waals surface area contributed by atoms with E-state index in [1.807, 2.05) is 0 Å². The second-order valence-electron chi connectivity index (χ2n) is 5.51. The van der Waals surface area contributed by atoms with Gasteiger partial charge >= 0.3 is 5.97 Å². The standard InChI is InChI=1S/C15H18N2O4/c1-4-17(15(2,3)14(20)21)13(19)9-5-6-11-10(7-9)8-12(18)16-11/h5-7H,4,8H2,1-3H3,(H,16,18)(H,20,21). The molecule has 1 aromatic rings. The van der Waals surface area contributed by atoms with Crippen molar-refractivity contribution >= 4 is 23.5 Å². The third kappa shape index (κ3) is 2.61. The van der Waals surface area contributed by atoms with Crippen LogP contribution in [0.1, 0.15) is 36.7 Å². The van der Waals surface area contributed by atoms with Gasteiger partial charge in [-0.1, -0.05) is 0 Å². The van der Waals surface area contributed by atoms with Gasteiger partial charge < -0.3 is 15.3 Å². The van der Waals surface area contributed by atoms with E-state index >= 15 is 0 Å². The predicted molar refractivity (Wildman–Crippen MR) is 77.2 cm³/mol. The summed E-state index contributed by atoms with van der Waals surface area (Å²) in [5.41, 5.74) is 0.562. The molecule has 1 aliphatic rings. The Labute approximate surface area is 122 Å². The zero-order valence-corrected chi connectivity index (χ0v) is 12.3. The van der Waals surface area contributed by atoms with Crippen molar-refractivity contribution in [2.24, 2.45) is 0 Å². The van der Waals surface area contributed by atoms with Gasteiger partial charge in [0.1, 0.15) is 5.54 Å². The molecule has 2 N–H and O–H groups in total. The Kier molecular flexibility index (Phi) is 3.72. The van der Waals surface area contributed by atoms with Crippen molar-refractivity contribution in [3.8, 4) is 0 Å². The van der Waals surface area contributed by atoms with Crippen LogP contribution in [0, 0.1) is 0 Å². The number of likely N-dealkylation sites (N-methyl/N-ethyl adjacent to an activating group) is 1. The molecule has 0 aromatic heterocycles. The van der Waals surface area contributed by atoms with E-state index in [1.54, 1.807) is 25.1 Å². The number of anilines is 1. The number of rotatable bonds is 4. The van der Waals surface area contributed by atoms with E-state index in [1.165, 1.54) is 18.7 Å². The molecule has 0 atom stereocenters. The van der Waals surface area contributed by atoms with Crippen LogP contribution < -0.4 is 5.32 Å². The van der Waals surface area contributed by atoms with E-state index in [0.717, 1.165) is 5.56 Å². The van der Waals surface area contributed by atoms with Gasteiger partial charge in [-0.25, -0.2) is 4.79 Å². The second kappa shape index (κ2) is 5.20. The normalized spacial score (nSPS) is 13.6. The number of carboxylic acid groups (broad SMARTS) is 1. The third-order valence-corrected chi connectivity index (χ3v) is 3.74. The van der Waals surface area contributed by atoms with Crippen LogP contribution in [0.5, 0.6) is 0 Å². The lowest BCUT2D eigenvalue weighted by atomic mass is 10.0. The Morgan fingerprint density at radius 2 is 2.05 bits per heavy atom. The Hall–Kier alpha value is -2.37. The third-order valence-electron chi connectivity index (χ3n) is 3.74. The average Bonchev–Trinajstić information content (AvgIpc) is 2.77. The summed E-state index contributed by atoms with van der Waals surface area (Å²) in [6.07, 6.45) is 0.241. The molecule has 0 fully saturated rings. The highest BCUT2D eigenvalue weighted by Gasteiger charge is 2.37. The first-order valence-electron chi connectivity index (χ1n) is 6.75. The Morgan fingerprint density at radius 3 is 2.62 bits per heavy atom. The van der Waals surface area contributed by atoms with Gasteiger partial charge in [-0.05, 0) is 44.5 Å². The molecule has 1 aromatic carbocycles. The van der Waals surface area contributed by atoms with Gasteiger partial charge in [0.15, 0.2) is 0 Å². The fourth-order valence-corrected chi connectivity index (χ4v) is 2.43. The lowest BCUT2D eigenvalue weighted by Gasteiger charge is -2.34. The minimum atomic E-state index is -1.29. The smallest absolute Gasteiger partial charge is 0.329 e. The molecule has 0 spiro atoms. The van der Waals surface area contributed by atoms with Crippen molar-refractivity contribution in [3.05, 3.63) is 29.3 Å². The highest BCUT2D eigenvalue weighted by Crippen LogP contribution is 2.26. The average molecular weight is 290 g/mol. The van der Waals surface area contributed by atoms with Gasteiger partial charge in [-0.3, -0.25) is 9.59 Å². The van der Waals surface area contributed by atoms with Crippen LogP contribution in [0.15, 0.2) is 18.2 Å². The number of nitrogens with one attached hydrogen (secondary N) is 1. The summed E-state index contributed by atoms with van der Waals surface area (Å²) in [5, 5.41) is 12.0. The van der Waals surface area contributed by atoms with Crippen LogP contribution in [-0.4, -0.2) is 39.9 Å². The van der Waals surface area contributed by atoms with E-state index in [0.29, 0.717) is 11.3 Å². The number of amides is 2. The summed E-state index contributed by atoms with van der Waals surface area (Å²) in [6, 6.07) is 4.93. The van der Waals surface area contributed by atoms with E-state index in [2.05, 4.69) is 5.32 Å². The molecule has 0 unspecified atom stereocenters. The molecule has 0 bridgehead atoms. The molecule has 6 heteroatoms. The molecular formula is C15H18N2O4. The molecule has 6 nitrogen and oxygen atoms in total. The van der Waals surface area contributed by atoms with Crippen LogP contribution in [0.4, 0.5) is 5.69 Å². The monoisotopic (exact) mass is 290 g/mol. The van der Waals surface area contributed by atoms with Crippen LogP contribution in [0.2, 0.25) is 0 Å². The number of benzene rings is 1. The summed E-state index contributed by atoms with van der Waals surface area (Å²) in [5.74, 6) is -1.52. The molecule has 0 radical (unpaired) electrons. The van der Waals surface area contributed by atoms with Gasteiger partial charge in [0.05, 0.1) is 6.42 Å². The molecular weight excluding hydrogens is 272 g/mol. The van der Waals surface area contributed by atoms with Gasteiger partial charge in [-0.2, -0.15) is 0 Å². The summed E-state index contributed by atoms with van der Waals surface area (Å²) < 4.78 is 0. The lowest BCUT2D eigenvalue weighted by molar-refractivity contribution is -0.147. The number of carbonyl (C=O) groups is 3. The number of carbonyl (C=O) groups excluding carboxylic acids is 2. The molecule has 2 rings (SSSR count). The Balaban J connectivity index is 2.33. The number of fused-ring (bicyclic) bond motifs is 1. The van der Waals surface area contributed by atoms with Crippen LogP contribution in [0.25, 0.3) is 0 Å². The fourth-order valence-electron chi connectivity index (χ4n) is 2.43. The van der Waals surface area contributed by atoms with Crippen molar-refractivity contribution in [3.63, 3.8) is 0 Å². The molecule has 0 saturated carbocycles. The van der Waals surface area contributed by atoms with Crippen LogP contribution >= 0.6 is 0 Å². The largest absolute Gasteiger partial charge is 0.480 e. The first-order valence-corrected chi connectivity index (χ1v) is 6.75. The number of hydrogen-bond acceptors (Lipinski definition) is 3. The van der Waals surface area contributed by atoms with Gasteiger partial charge in [0.25, 0.3) is 5.91 Å². The molecule has 21 heavy (non-hydrogen) atoms. The Bertz CT molecular complexity index is 622. The first kappa shape index (κ1) is 15.0. The van der Waals surface area contributed by atoms with Gasteiger partial charge in [0, 0.05) is 17.8 Å². The highest BCUT2D eigenvalue weighted by molar-refractivity contribution is 6.02. The molecule has 0 aliphatic carbocycles. The fraction of sp³-hybridized carbons (Fsp3) is 0.400. The molecule has 112 valence electrons. The maximum atomic E-state index is 12.6. The first-order chi connectivity index (χ1) is 9.77. The molecule has 1 aliphatic heterocycles. The molecule has 0 saturated heterocycles. The summed E-state index contributed by atoms with van der Waals surface area (Å²) in [6.45, 7) is 5.01. The van der Waals surface area contributed by atoms with Crippen molar-refractivity contribution in [2.45, 2.75) is 32.7 Å². The maximum Gasteiger partial charge on any atom is 0.329 e. The number of hydrogen-bond donors (Lipinski definition) is 2. The SMILES string of the molecule is CCN(C(=O)c1ccc2c(c1)CC(=O)N2)C(C)(C)C(=O)O. The molecule has 1 heterocycles. The minimum absolute atomic E-state index is 0.104. The number of nitrogens with zero attached hydrogens (tertiary/aromatic N) is 1. The zero-order valence-electron chi connectivity index (χ0n) is 12.3. The van der Waals surface area contributed by atoms with E-state index in [9.17, 15) is 19.5 Å². The van der Waals surface area contributed by atoms with Gasteiger partial charge in [-0.15, -0.1) is 0 Å². The highest BCUT2D eigenvalue weighted by atomic mass is 16.4. The number of aliphatic carboxylic acids is 1. The minimum Gasteiger partial charge on any atom is -0.480 e. The molecule has 2 amide bonds. The van der Waals surface area contributed by atoms with E-state index in [-0.39, 0.29) is 24.8 Å². The summed E-state index contributed by atoms with van der Waals surface area (Å²) >= 11 is 0.